The van der Waals surface area contributed by atoms with Gasteiger partial charge in [-0.25, -0.2) is 4.99 Å². The van der Waals surface area contributed by atoms with Crippen molar-refractivity contribution >= 4 is 34.7 Å². The molecule has 0 N–H and O–H groups in total. The molecule has 1 aromatic heterocycles. The van der Waals surface area contributed by atoms with Crippen molar-refractivity contribution in [3.05, 3.63) is 89.5 Å². The van der Waals surface area contributed by atoms with E-state index in [4.69, 9.17) is 16.0 Å². The molecule has 1 saturated heterocycles. The number of furan rings is 1. The summed E-state index contributed by atoms with van der Waals surface area (Å²) < 4.78 is 5.24. The molecular formula is C24H20ClN3O3. The summed E-state index contributed by atoms with van der Waals surface area (Å²) in [5.74, 6) is -0.0790. The predicted molar refractivity (Wildman–Crippen MR) is 119 cm³/mol. The zero-order valence-electron chi connectivity index (χ0n) is 16.7. The van der Waals surface area contributed by atoms with Gasteiger partial charge in [0.1, 0.15) is 5.70 Å². The predicted octanol–water partition coefficient (Wildman–Crippen LogP) is 3.53. The zero-order chi connectivity index (χ0) is 21.4. The monoisotopic (exact) mass is 433 g/mol. The number of hydrogen-bond donors (Lipinski definition) is 0. The maximum atomic E-state index is 13.1. The molecular weight excluding hydrogens is 414 g/mol. The number of alkyl halides is 1. The fourth-order valence-electron chi connectivity index (χ4n) is 4.16. The molecule has 0 saturated carbocycles. The number of carbonyl (C=O) groups excluding carboxylic acids is 2. The molecule has 5 rings (SSSR count). The number of amides is 2. The number of fused-ring (bicyclic) bond motifs is 1. The minimum Gasteiger partial charge on any atom is -0.459 e. The molecule has 0 bridgehead atoms. The van der Waals surface area contributed by atoms with Crippen LogP contribution in [0.25, 0.3) is 5.57 Å². The normalized spacial score (nSPS) is 21.1. The molecule has 0 spiro atoms. The second-order valence-electron chi connectivity index (χ2n) is 7.53. The molecule has 31 heavy (non-hydrogen) atoms. The fourth-order valence-corrected chi connectivity index (χ4v) is 4.36. The van der Waals surface area contributed by atoms with Crippen molar-refractivity contribution in [1.82, 2.24) is 9.80 Å². The van der Waals surface area contributed by atoms with E-state index in [9.17, 15) is 9.59 Å². The summed E-state index contributed by atoms with van der Waals surface area (Å²) in [6.45, 7) is 2.04. The third-order valence-corrected chi connectivity index (χ3v) is 5.92. The zero-order valence-corrected chi connectivity index (χ0v) is 17.5. The maximum Gasteiger partial charge on any atom is 0.294 e. The Kier molecular flexibility index (Phi) is 5.08. The van der Waals surface area contributed by atoms with Gasteiger partial charge in [0.15, 0.2) is 5.76 Å². The lowest BCUT2D eigenvalue weighted by atomic mass is 9.86. The number of dihydropyridines is 1. The number of rotatable bonds is 3. The second kappa shape index (κ2) is 8.04. The number of hydrogen-bond acceptors (Lipinski definition) is 4. The maximum absolute atomic E-state index is 13.1. The van der Waals surface area contributed by atoms with E-state index in [0.717, 1.165) is 16.7 Å². The topological polar surface area (TPSA) is 66.1 Å². The molecule has 1 aliphatic carbocycles. The summed E-state index contributed by atoms with van der Waals surface area (Å²) in [5.41, 5.74) is 3.85. The largest absolute Gasteiger partial charge is 0.459 e. The van der Waals surface area contributed by atoms with Crippen LogP contribution in [0.1, 0.15) is 16.1 Å². The van der Waals surface area contributed by atoms with Crippen LogP contribution in [0.4, 0.5) is 0 Å². The fraction of sp³-hybridized carbons (Fsp3) is 0.208. The van der Waals surface area contributed by atoms with E-state index in [1.807, 2.05) is 53.5 Å². The number of halogens is 1. The first-order valence-corrected chi connectivity index (χ1v) is 10.6. The van der Waals surface area contributed by atoms with E-state index in [-0.39, 0.29) is 17.2 Å². The summed E-state index contributed by atoms with van der Waals surface area (Å²) in [6, 6.07) is 13.2. The van der Waals surface area contributed by atoms with Gasteiger partial charge in [-0.3, -0.25) is 9.59 Å². The first-order valence-electron chi connectivity index (χ1n) is 10.2. The lowest BCUT2D eigenvalue weighted by Gasteiger charge is -2.38. The van der Waals surface area contributed by atoms with Crippen LogP contribution in [0, 0.1) is 0 Å². The third kappa shape index (κ3) is 3.64. The van der Waals surface area contributed by atoms with Crippen molar-refractivity contribution in [2.75, 3.05) is 26.2 Å². The highest BCUT2D eigenvalue weighted by Gasteiger charge is 2.34. The Bertz CT molecular complexity index is 1140. The Morgan fingerprint density at radius 3 is 2.55 bits per heavy atom. The van der Waals surface area contributed by atoms with Gasteiger partial charge in [-0.15, -0.1) is 11.6 Å². The van der Waals surface area contributed by atoms with Crippen LogP contribution in [-0.4, -0.2) is 58.9 Å². The van der Waals surface area contributed by atoms with Crippen LogP contribution in [0.15, 0.2) is 87.6 Å². The van der Waals surface area contributed by atoms with E-state index in [1.54, 1.807) is 17.0 Å². The smallest absolute Gasteiger partial charge is 0.294 e. The van der Waals surface area contributed by atoms with Crippen LogP contribution in [0.3, 0.4) is 0 Å². The van der Waals surface area contributed by atoms with Gasteiger partial charge in [0.05, 0.1) is 17.4 Å². The van der Waals surface area contributed by atoms with Crippen LogP contribution in [0.2, 0.25) is 0 Å². The van der Waals surface area contributed by atoms with E-state index < -0.39 is 0 Å². The van der Waals surface area contributed by atoms with Crippen molar-refractivity contribution in [2.24, 2.45) is 4.99 Å². The van der Waals surface area contributed by atoms with Crippen LogP contribution in [0.5, 0.6) is 0 Å². The van der Waals surface area contributed by atoms with Gasteiger partial charge in [0.2, 0.25) is 0 Å². The molecule has 2 aromatic rings. The lowest BCUT2D eigenvalue weighted by Crippen LogP contribution is -2.49. The van der Waals surface area contributed by atoms with E-state index in [2.05, 4.69) is 4.99 Å². The number of nitrogens with zero attached hydrogens (tertiary/aromatic N) is 3. The van der Waals surface area contributed by atoms with Crippen molar-refractivity contribution in [3.8, 4) is 0 Å². The minimum atomic E-state index is -0.269. The highest BCUT2D eigenvalue weighted by molar-refractivity contribution is 6.32. The number of benzene rings is 1. The summed E-state index contributed by atoms with van der Waals surface area (Å²) in [7, 11) is 0. The first kappa shape index (κ1) is 19.6. The minimum absolute atomic E-state index is 0.137. The molecule has 3 heterocycles. The van der Waals surface area contributed by atoms with Gasteiger partial charge in [0, 0.05) is 37.3 Å². The Balaban J connectivity index is 1.49. The highest BCUT2D eigenvalue weighted by Crippen LogP contribution is 2.36. The third-order valence-electron chi connectivity index (χ3n) is 5.65. The second-order valence-corrected chi connectivity index (χ2v) is 8.04. The van der Waals surface area contributed by atoms with Crippen LogP contribution in [-0.2, 0) is 4.79 Å². The number of piperazine rings is 1. The quantitative estimate of drug-likeness (QED) is 0.694. The molecule has 3 aliphatic rings. The molecule has 1 fully saturated rings. The molecule has 1 aromatic carbocycles. The summed E-state index contributed by atoms with van der Waals surface area (Å²) in [4.78, 5) is 33.8. The average Bonchev–Trinajstić information content (AvgIpc) is 3.34. The van der Waals surface area contributed by atoms with Crippen molar-refractivity contribution in [3.63, 3.8) is 0 Å². The van der Waals surface area contributed by atoms with Crippen molar-refractivity contribution < 1.29 is 14.0 Å². The van der Waals surface area contributed by atoms with Gasteiger partial charge in [-0.1, -0.05) is 42.5 Å². The Hall–Kier alpha value is -3.38. The summed E-state index contributed by atoms with van der Waals surface area (Å²) in [5, 5.41) is -0.259. The SMILES string of the molecule is O=C1N=C2C=CC(Cl)C=C2C(c2ccccc2)=C1N1CCN(C(=O)c2ccco2)CC1. The summed E-state index contributed by atoms with van der Waals surface area (Å²) in [6.07, 6.45) is 7.06. The van der Waals surface area contributed by atoms with E-state index >= 15 is 0 Å². The van der Waals surface area contributed by atoms with Crippen molar-refractivity contribution in [1.29, 1.82) is 0 Å². The summed E-state index contributed by atoms with van der Waals surface area (Å²) >= 11 is 6.37. The highest BCUT2D eigenvalue weighted by atomic mass is 35.5. The molecule has 1 unspecified atom stereocenters. The van der Waals surface area contributed by atoms with Gasteiger partial charge in [0.25, 0.3) is 11.8 Å². The van der Waals surface area contributed by atoms with Crippen LogP contribution >= 0.6 is 11.6 Å². The Morgan fingerprint density at radius 1 is 1.06 bits per heavy atom. The molecule has 2 aliphatic heterocycles. The number of aliphatic imine (C=N–C) groups is 1. The average molecular weight is 434 g/mol. The van der Waals surface area contributed by atoms with Gasteiger partial charge in [-0.2, -0.15) is 0 Å². The van der Waals surface area contributed by atoms with Gasteiger partial charge < -0.3 is 14.2 Å². The van der Waals surface area contributed by atoms with E-state index in [0.29, 0.717) is 43.3 Å². The Morgan fingerprint density at radius 2 is 1.84 bits per heavy atom. The molecule has 7 heteroatoms. The molecule has 6 nitrogen and oxygen atoms in total. The standard InChI is InChI=1S/C24H20ClN3O3/c25-17-8-9-19-18(15-17)21(16-5-2-1-3-6-16)22(23(29)26-19)27-10-12-28(13-11-27)24(30)20-7-4-14-31-20/h1-9,14-15,17H,10-13H2. The number of allylic oxidation sites excluding steroid dienone is 5. The van der Waals surface area contributed by atoms with Gasteiger partial charge in [-0.05, 0) is 23.8 Å². The van der Waals surface area contributed by atoms with Crippen molar-refractivity contribution in [2.45, 2.75) is 5.38 Å². The number of carbonyl (C=O) groups is 2. The molecule has 0 radical (unpaired) electrons. The lowest BCUT2D eigenvalue weighted by molar-refractivity contribution is -0.116. The molecule has 1 atom stereocenters. The molecule has 156 valence electrons. The van der Waals surface area contributed by atoms with Crippen LogP contribution < -0.4 is 0 Å². The van der Waals surface area contributed by atoms with E-state index in [1.165, 1.54) is 6.26 Å². The molecule has 2 amide bonds. The Labute approximate surface area is 184 Å². The van der Waals surface area contributed by atoms with Gasteiger partial charge >= 0.3 is 0 Å². The first-order chi connectivity index (χ1) is 15.1.